The highest BCUT2D eigenvalue weighted by molar-refractivity contribution is 5.76. The third kappa shape index (κ3) is 5.18. The first-order valence-corrected chi connectivity index (χ1v) is 12.9. The number of benzene rings is 3. The average molecular weight is 486 g/mol. The van der Waals surface area contributed by atoms with Crippen molar-refractivity contribution in [1.29, 1.82) is 0 Å². The number of ether oxygens (including phenoxy) is 2. The van der Waals surface area contributed by atoms with Gasteiger partial charge in [-0.2, -0.15) is 0 Å². The standard InChI is InChI=1S/C31H35NO4/c1-31(2)27-15-14-25(20-29(34)32(17-18-33)21-22-9-5-3-6-10-22)35-30(27)26-19-24(13-16-28(26)36-31)23-11-7-4-8-12-23/h3-13,16,19,25,27,30,33H,14-15,17-18,20-21H2,1-2H3/t25-,27+,30-/m0/s1. The van der Waals surface area contributed by atoms with Crippen LogP contribution in [0.4, 0.5) is 0 Å². The van der Waals surface area contributed by atoms with Gasteiger partial charge in [0.2, 0.25) is 5.91 Å². The Morgan fingerprint density at radius 2 is 1.69 bits per heavy atom. The maximum Gasteiger partial charge on any atom is 0.225 e. The van der Waals surface area contributed by atoms with Crippen LogP contribution in [0.2, 0.25) is 0 Å². The molecule has 1 N–H and O–H groups in total. The average Bonchev–Trinajstić information content (AvgIpc) is 2.89. The molecule has 0 radical (unpaired) electrons. The molecule has 1 fully saturated rings. The van der Waals surface area contributed by atoms with Gasteiger partial charge < -0.3 is 19.5 Å². The molecule has 0 aromatic heterocycles. The van der Waals surface area contributed by atoms with E-state index in [1.165, 1.54) is 0 Å². The monoisotopic (exact) mass is 485 g/mol. The van der Waals surface area contributed by atoms with Crippen LogP contribution in [0.3, 0.4) is 0 Å². The van der Waals surface area contributed by atoms with E-state index in [9.17, 15) is 9.90 Å². The van der Waals surface area contributed by atoms with Crippen molar-refractivity contribution in [3.8, 4) is 16.9 Å². The third-order valence-corrected chi connectivity index (χ3v) is 7.53. The number of hydrogen-bond donors (Lipinski definition) is 1. The van der Waals surface area contributed by atoms with E-state index in [2.05, 4.69) is 44.2 Å². The van der Waals surface area contributed by atoms with E-state index < -0.39 is 0 Å². The molecule has 1 saturated heterocycles. The molecule has 188 valence electrons. The summed E-state index contributed by atoms with van der Waals surface area (Å²) in [6.07, 6.45) is 1.76. The summed E-state index contributed by atoms with van der Waals surface area (Å²) in [6, 6.07) is 26.6. The Morgan fingerprint density at radius 3 is 2.42 bits per heavy atom. The zero-order valence-electron chi connectivity index (χ0n) is 21.1. The SMILES string of the molecule is CC1(C)Oc2ccc(-c3ccccc3)cc2[C@@H]2O[C@H](CC(=O)N(CCO)Cc3ccccc3)CC[C@H]21. The predicted molar refractivity (Wildman–Crippen MR) is 140 cm³/mol. The van der Waals surface area contributed by atoms with Crippen molar-refractivity contribution in [3.05, 3.63) is 90.0 Å². The molecule has 3 aromatic rings. The Kier molecular flexibility index (Phi) is 7.13. The molecule has 3 aromatic carbocycles. The number of hydrogen-bond acceptors (Lipinski definition) is 4. The second-order valence-corrected chi connectivity index (χ2v) is 10.4. The molecule has 2 aliphatic rings. The van der Waals surface area contributed by atoms with E-state index in [4.69, 9.17) is 9.47 Å². The van der Waals surface area contributed by atoms with E-state index in [0.717, 1.165) is 40.8 Å². The van der Waals surface area contributed by atoms with E-state index in [0.29, 0.717) is 19.5 Å². The molecule has 36 heavy (non-hydrogen) atoms. The normalized spacial score (nSPS) is 22.1. The molecule has 0 unspecified atom stereocenters. The van der Waals surface area contributed by atoms with E-state index in [1.54, 1.807) is 4.90 Å². The summed E-state index contributed by atoms with van der Waals surface area (Å²) in [5.74, 6) is 1.08. The Balaban J connectivity index is 1.36. The predicted octanol–water partition coefficient (Wildman–Crippen LogP) is 5.77. The van der Waals surface area contributed by atoms with Crippen molar-refractivity contribution in [2.45, 2.75) is 57.5 Å². The van der Waals surface area contributed by atoms with Gasteiger partial charge >= 0.3 is 0 Å². The lowest BCUT2D eigenvalue weighted by molar-refractivity contribution is -0.160. The zero-order chi connectivity index (χ0) is 25.1. The minimum absolute atomic E-state index is 0.0148. The van der Waals surface area contributed by atoms with Gasteiger partial charge in [-0.25, -0.2) is 0 Å². The minimum Gasteiger partial charge on any atom is -0.487 e. The van der Waals surface area contributed by atoms with Crippen LogP contribution < -0.4 is 4.74 Å². The Morgan fingerprint density at radius 1 is 0.972 bits per heavy atom. The number of aliphatic hydroxyl groups is 1. The molecule has 2 aliphatic heterocycles. The van der Waals surface area contributed by atoms with Crippen molar-refractivity contribution in [3.63, 3.8) is 0 Å². The number of amides is 1. The number of carbonyl (C=O) groups is 1. The van der Waals surface area contributed by atoms with Crippen LogP contribution in [-0.2, 0) is 16.1 Å². The molecule has 1 amide bonds. The number of nitrogens with zero attached hydrogens (tertiary/aromatic N) is 1. The lowest BCUT2D eigenvalue weighted by Gasteiger charge is -2.49. The van der Waals surface area contributed by atoms with Crippen molar-refractivity contribution in [1.82, 2.24) is 4.90 Å². The molecule has 5 rings (SSSR count). The molecule has 0 bridgehead atoms. The molecule has 0 spiro atoms. The fourth-order valence-electron chi connectivity index (χ4n) is 5.61. The van der Waals surface area contributed by atoms with E-state index in [1.807, 2.05) is 48.5 Å². The fourth-order valence-corrected chi connectivity index (χ4v) is 5.61. The van der Waals surface area contributed by atoms with E-state index >= 15 is 0 Å². The van der Waals surface area contributed by atoms with Crippen LogP contribution in [-0.4, -0.2) is 40.8 Å². The maximum atomic E-state index is 13.3. The second kappa shape index (κ2) is 10.5. The molecule has 5 heteroatoms. The highest BCUT2D eigenvalue weighted by Crippen LogP contribution is 2.51. The van der Waals surface area contributed by atoms with Gasteiger partial charge in [-0.3, -0.25) is 4.79 Å². The summed E-state index contributed by atoms with van der Waals surface area (Å²) in [7, 11) is 0. The van der Waals surface area contributed by atoms with Gasteiger partial charge in [-0.1, -0.05) is 66.7 Å². The fraction of sp³-hybridized carbons (Fsp3) is 0.387. The highest BCUT2D eigenvalue weighted by Gasteiger charge is 2.47. The van der Waals surface area contributed by atoms with Crippen molar-refractivity contribution < 1.29 is 19.4 Å². The highest BCUT2D eigenvalue weighted by atomic mass is 16.5. The van der Waals surface area contributed by atoms with Gasteiger partial charge in [0.05, 0.1) is 25.2 Å². The Bertz CT molecular complexity index is 1180. The molecular formula is C31H35NO4. The van der Waals surface area contributed by atoms with Crippen molar-refractivity contribution in [2.24, 2.45) is 5.92 Å². The van der Waals surface area contributed by atoms with Crippen LogP contribution in [0.5, 0.6) is 5.75 Å². The summed E-state index contributed by atoms with van der Waals surface area (Å²) in [6.45, 7) is 5.02. The molecule has 5 nitrogen and oxygen atoms in total. The van der Waals surface area contributed by atoms with Gasteiger partial charge in [-0.15, -0.1) is 0 Å². The van der Waals surface area contributed by atoms with Gasteiger partial charge in [0.25, 0.3) is 0 Å². The first kappa shape index (κ1) is 24.5. The summed E-state index contributed by atoms with van der Waals surface area (Å²) < 4.78 is 13.2. The summed E-state index contributed by atoms with van der Waals surface area (Å²) in [4.78, 5) is 15.0. The van der Waals surface area contributed by atoms with Gasteiger partial charge in [0.1, 0.15) is 11.4 Å². The second-order valence-electron chi connectivity index (χ2n) is 10.4. The Hall–Kier alpha value is -3.15. The molecule has 3 atom stereocenters. The van der Waals surface area contributed by atoms with Crippen LogP contribution in [0.25, 0.3) is 11.1 Å². The van der Waals surface area contributed by atoms with Gasteiger partial charge in [0.15, 0.2) is 0 Å². The quantitative estimate of drug-likeness (QED) is 0.461. The number of aliphatic hydroxyl groups excluding tert-OH is 1. The van der Waals surface area contributed by atoms with Gasteiger partial charge in [0, 0.05) is 24.6 Å². The lowest BCUT2D eigenvalue weighted by atomic mass is 9.74. The topological polar surface area (TPSA) is 59.0 Å². The Labute approximate surface area is 213 Å². The third-order valence-electron chi connectivity index (χ3n) is 7.53. The van der Waals surface area contributed by atoms with Crippen molar-refractivity contribution in [2.75, 3.05) is 13.2 Å². The maximum absolute atomic E-state index is 13.3. The largest absolute Gasteiger partial charge is 0.487 e. The smallest absolute Gasteiger partial charge is 0.225 e. The van der Waals surface area contributed by atoms with E-state index in [-0.39, 0.29) is 36.2 Å². The lowest BCUT2D eigenvalue weighted by Crippen LogP contribution is -2.49. The van der Waals surface area contributed by atoms with Gasteiger partial charge in [-0.05, 0) is 55.5 Å². The van der Waals surface area contributed by atoms with Crippen LogP contribution in [0.1, 0.15) is 50.3 Å². The molecule has 0 saturated carbocycles. The van der Waals surface area contributed by atoms with Crippen LogP contribution in [0.15, 0.2) is 78.9 Å². The molecule has 2 heterocycles. The summed E-state index contributed by atoms with van der Waals surface area (Å²) in [5, 5.41) is 9.57. The molecular weight excluding hydrogens is 450 g/mol. The first-order valence-electron chi connectivity index (χ1n) is 12.9. The summed E-state index contributed by atoms with van der Waals surface area (Å²) >= 11 is 0. The summed E-state index contributed by atoms with van der Waals surface area (Å²) in [5.41, 5.74) is 4.06. The zero-order valence-corrected chi connectivity index (χ0v) is 21.1. The number of carbonyl (C=O) groups excluding carboxylic acids is 1. The van der Waals surface area contributed by atoms with Crippen molar-refractivity contribution >= 4 is 5.91 Å². The van der Waals surface area contributed by atoms with Crippen LogP contribution >= 0.6 is 0 Å². The molecule has 0 aliphatic carbocycles. The number of rotatable bonds is 7. The van der Waals surface area contributed by atoms with Crippen LogP contribution in [0, 0.1) is 5.92 Å². The number of fused-ring (bicyclic) bond motifs is 3. The minimum atomic E-state index is -0.350. The first-order chi connectivity index (χ1) is 17.4.